The van der Waals surface area contributed by atoms with Crippen LogP contribution in [-0.4, -0.2) is 17.5 Å². The van der Waals surface area contributed by atoms with E-state index in [0.717, 1.165) is 10.9 Å². The minimum atomic E-state index is 0.585. The lowest BCUT2D eigenvalue weighted by atomic mass is 10.1. The Labute approximate surface area is 82.9 Å². The van der Waals surface area contributed by atoms with Crippen molar-refractivity contribution in [3.8, 4) is 0 Å². The van der Waals surface area contributed by atoms with E-state index in [1.807, 2.05) is 25.4 Å². The van der Waals surface area contributed by atoms with Crippen LogP contribution in [0, 0.1) is 0 Å². The first-order valence-corrected chi connectivity index (χ1v) is 4.50. The van der Waals surface area contributed by atoms with Gasteiger partial charge in [-0.3, -0.25) is 4.99 Å². The summed E-state index contributed by atoms with van der Waals surface area (Å²) in [5, 5.41) is 1.15. The molecule has 0 atom stereocenters. The SMILES string of the molecule is CN=C(N)c1cn(C)c2ccccc12. The van der Waals surface area contributed by atoms with Gasteiger partial charge >= 0.3 is 0 Å². The van der Waals surface area contributed by atoms with Crippen LogP contribution in [0.25, 0.3) is 10.9 Å². The minimum Gasteiger partial charge on any atom is -0.383 e. The van der Waals surface area contributed by atoms with Gasteiger partial charge in [-0.2, -0.15) is 0 Å². The van der Waals surface area contributed by atoms with Crippen molar-refractivity contribution in [3.63, 3.8) is 0 Å². The molecule has 3 nitrogen and oxygen atoms in total. The summed E-state index contributed by atoms with van der Waals surface area (Å²) < 4.78 is 2.06. The third-order valence-corrected chi connectivity index (χ3v) is 2.41. The molecule has 14 heavy (non-hydrogen) atoms. The number of hydrogen-bond donors (Lipinski definition) is 1. The van der Waals surface area contributed by atoms with E-state index in [1.165, 1.54) is 5.52 Å². The smallest absolute Gasteiger partial charge is 0.127 e. The van der Waals surface area contributed by atoms with Crippen LogP contribution in [0.5, 0.6) is 0 Å². The maximum atomic E-state index is 5.81. The third-order valence-electron chi connectivity index (χ3n) is 2.41. The number of nitrogens with two attached hydrogens (primary N) is 1. The second-order valence-corrected chi connectivity index (χ2v) is 3.28. The Morgan fingerprint density at radius 2 is 2.07 bits per heavy atom. The van der Waals surface area contributed by atoms with E-state index in [4.69, 9.17) is 5.73 Å². The maximum absolute atomic E-state index is 5.81. The number of aryl methyl sites for hydroxylation is 1. The predicted molar refractivity (Wildman–Crippen MR) is 59.6 cm³/mol. The Balaban J connectivity index is 2.79. The first kappa shape index (κ1) is 8.81. The lowest BCUT2D eigenvalue weighted by molar-refractivity contribution is 0.967. The molecule has 1 aromatic carbocycles. The molecule has 0 radical (unpaired) electrons. The summed E-state index contributed by atoms with van der Waals surface area (Å²) in [7, 11) is 3.71. The normalized spacial score (nSPS) is 12.3. The summed E-state index contributed by atoms with van der Waals surface area (Å²) in [6, 6.07) is 8.16. The average molecular weight is 187 g/mol. The fraction of sp³-hybridized carbons (Fsp3) is 0.182. The molecular formula is C11H13N3. The maximum Gasteiger partial charge on any atom is 0.127 e. The lowest BCUT2D eigenvalue weighted by Gasteiger charge is -1.95. The van der Waals surface area contributed by atoms with Gasteiger partial charge < -0.3 is 10.3 Å². The molecule has 3 heteroatoms. The molecule has 0 amide bonds. The van der Waals surface area contributed by atoms with E-state index in [0.29, 0.717) is 5.84 Å². The Hall–Kier alpha value is -1.77. The zero-order valence-corrected chi connectivity index (χ0v) is 8.36. The molecule has 2 N–H and O–H groups in total. The molecule has 0 fully saturated rings. The second-order valence-electron chi connectivity index (χ2n) is 3.28. The van der Waals surface area contributed by atoms with Gasteiger partial charge in [0.15, 0.2) is 0 Å². The second kappa shape index (κ2) is 3.18. The minimum absolute atomic E-state index is 0.585. The summed E-state index contributed by atoms with van der Waals surface area (Å²) in [6.45, 7) is 0. The van der Waals surface area contributed by atoms with Crippen molar-refractivity contribution in [1.82, 2.24) is 4.57 Å². The van der Waals surface area contributed by atoms with E-state index >= 15 is 0 Å². The average Bonchev–Trinajstić information content (AvgIpc) is 2.56. The van der Waals surface area contributed by atoms with Gasteiger partial charge in [0, 0.05) is 36.8 Å². The summed E-state index contributed by atoms with van der Waals surface area (Å²) in [5.74, 6) is 0.585. The number of aliphatic imine (C=N–C) groups is 1. The number of nitrogens with zero attached hydrogens (tertiary/aromatic N) is 2. The van der Waals surface area contributed by atoms with Gasteiger partial charge in [-0.15, -0.1) is 0 Å². The highest BCUT2D eigenvalue weighted by Crippen LogP contribution is 2.19. The Kier molecular flexibility index (Phi) is 2.00. The Morgan fingerprint density at radius 3 is 2.79 bits per heavy atom. The van der Waals surface area contributed by atoms with Crippen molar-refractivity contribution in [1.29, 1.82) is 0 Å². The van der Waals surface area contributed by atoms with Crippen LogP contribution >= 0.6 is 0 Å². The quantitative estimate of drug-likeness (QED) is 0.533. The van der Waals surface area contributed by atoms with Crippen molar-refractivity contribution in [3.05, 3.63) is 36.0 Å². The van der Waals surface area contributed by atoms with Crippen LogP contribution in [0.3, 0.4) is 0 Å². The standard InChI is InChI=1S/C11H13N3/c1-13-11(12)9-7-14(2)10-6-4-3-5-8(9)10/h3-7H,1-2H3,(H2,12,13). The summed E-state index contributed by atoms with van der Waals surface area (Å²) in [6.07, 6.45) is 2.01. The van der Waals surface area contributed by atoms with Crippen molar-refractivity contribution in [2.75, 3.05) is 7.05 Å². The molecule has 0 aliphatic rings. The molecule has 0 aliphatic heterocycles. The van der Waals surface area contributed by atoms with Gasteiger partial charge in [-0.05, 0) is 6.07 Å². The summed E-state index contributed by atoms with van der Waals surface area (Å²) in [5.41, 5.74) is 7.99. The molecule has 2 rings (SSSR count). The van der Waals surface area contributed by atoms with Gasteiger partial charge in [0.25, 0.3) is 0 Å². The zero-order valence-electron chi connectivity index (χ0n) is 8.36. The van der Waals surface area contributed by atoms with Gasteiger partial charge in [0.1, 0.15) is 5.84 Å². The van der Waals surface area contributed by atoms with E-state index in [1.54, 1.807) is 7.05 Å². The molecule has 0 bridgehead atoms. The van der Waals surface area contributed by atoms with E-state index in [9.17, 15) is 0 Å². The number of aromatic nitrogens is 1. The van der Waals surface area contributed by atoms with Crippen molar-refractivity contribution >= 4 is 16.7 Å². The zero-order chi connectivity index (χ0) is 10.1. The van der Waals surface area contributed by atoms with E-state index in [2.05, 4.69) is 21.7 Å². The van der Waals surface area contributed by atoms with Gasteiger partial charge in [0.05, 0.1) is 0 Å². The van der Waals surface area contributed by atoms with E-state index in [-0.39, 0.29) is 0 Å². The van der Waals surface area contributed by atoms with Crippen LogP contribution in [0.1, 0.15) is 5.56 Å². The number of hydrogen-bond acceptors (Lipinski definition) is 1. The fourth-order valence-electron chi connectivity index (χ4n) is 1.67. The highest BCUT2D eigenvalue weighted by molar-refractivity contribution is 6.08. The van der Waals surface area contributed by atoms with Gasteiger partial charge in [-0.25, -0.2) is 0 Å². The summed E-state index contributed by atoms with van der Waals surface area (Å²) in [4.78, 5) is 4.00. The van der Waals surface area contributed by atoms with Crippen molar-refractivity contribution < 1.29 is 0 Å². The number of fused-ring (bicyclic) bond motifs is 1. The highest BCUT2D eigenvalue weighted by atomic mass is 14.9. The van der Waals surface area contributed by atoms with Crippen molar-refractivity contribution in [2.24, 2.45) is 17.8 Å². The molecule has 0 unspecified atom stereocenters. The van der Waals surface area contributed by atoms with Crippen LogP contribution in [0.2, 0.25) is 0 Å². The first-order valence-electron chi connectivity index (χ1n) is 4.50. The van der Waals surface area contributed by atoms with Crippen LogP contribution in [0.4, 0.5) is 0 Å². The molecule has 0 aliphatic carbocycles. The molecule has 72 valence electrons. The van der Waals surface area contributed by atoms with Crippen molar-refractivity contribution in [2.45, 2.75) is 0 Å². The molecular weight excluding hydrogens is 174 g/mol. The number of para-hydroxylation sites is 1. The van der Waals surface area contributed by atoms with Gasteiger partial charge in [0.2, 0.25) is 0 Å². The van der Waals surface area contributed by atoms with Crippen LogP contribution in [-0.2, 0) is 7.05 Å². The molecule has 2 aromatic rings. The molecule has 1 aromatic heterocycles. The monoisotopic (exact) mass is 187 g/mol. The predicted octanol–water partition coefficient (Wildman–Crippen LogP) is 1.51. The third kappa shape index (κ3) is 1.18. The number of benzene rings is 1. The Bertz CT molecular complexity index is 494. The Morgan fingerprint density at radius 1 is 1.36 bits per heavy atom. The highest BCUT2D eigenvalue weighted by Gasteiger charge is 2.07. The van der Waals surface area contributed by atoms with Crippen LogP contribution < -0.4 is 5.73 Å². The molecule has 0 saturated heterocycles. The number of amidine groups is 1. The molecule has 0 saturated carbocycles. The molecule has 1 heterocycles. The summed E-state index contributed by atoms with van der Waals surface area (Å²) >= 11 is 0. The molecule has 0 spiro atoms. The topological polar surface area (TPSA) is 43.3 Å². The fourth-order valence-corrected chi connectivity index (χ4v) is 1.67. The largest absolute Gasteiger partial charge is 0.383 e. The lowest BCUT2D eigenvalue weighted by Crippen LogP contribution is -2.12. The van der Waals surface area contributed by atoms with Crippen LogP contribution in [0.15, 0.2) is 35.5 Å². The first-order chi connectivity index (χ1) is 6.74. The number of rotatable bonds is 1. The van der Waals surface area contributed by atoms with E-state index < -0.39 is 0 Å². The van der Waals surface area contributed by atoms with Gasteiger partial charge in [-0.1, -0.05) is 18.2 Å².